The summed E-state index contributed by atoms with van der Waals surface area (Å²) >= 11 is 0. The van der Waals surface area contributed by atoms with Crippen molar-refractivity contribution in [2.75, 3.05) is 12.0 Å². The fourth-order valence-electron chi connectivity index (χ4n) is 0.804. The lowest BCUT2D eigenvalue weighted by atomic mass is 10.3. The molecular formula is C7H7NO2. The molecule has 1 saturated heterocycles. The molecule has 0 amide bonds. The van der Waals surface area contributed by atoms with Crippen LogP contribution in [0.4, 0.5) is 5.69 Å². The molecule has 52 valence electrons. The van der Waals surface area contributed by atoms with Gasteiger partial charge in [-0.3, -0.25) is 0 Å². The van der Waals surface area contributed by atoms with E-state index in [4.69, 9.17) is 9.68 Å². The maximum absolute atomic E-state index is 4.93. The normalized spacial score (nSPS) is 16.6. The summed E-state index contributed by atoms with van der Waals surface area (Å²) in [4.78, 5) is 9.86. The summed E-state index contributed by atoms with van der Waals surface area (Å²) in [5.74, 6) is 0. The third kappa shape index (κ3) is 0.853. The predicted molar refractivity (Wildman–Crippen MR) is 36.0 cm³/mol. The first-order chi connectivity index (χ1) is 4.97. The fourth-order valence-corrected chi connectivity index (χ4v) is 0.804. The molecule has 0 N–H and O–H groups in total. The summed E-state index contributed by atoms with van der Waals surface area (Å²) in [6, 6.07) is 9.64. The van der Waals surface area contributed by atoms with Crippen LogP contribution >= 0.6 is 0 Å². The van der Waals surface area contributed by atoms with Crippen molar-refractivity contribution in [3.63, 3.8) is 0 Å². The zero-order valence-corrected chi connectivity index (χ0v) is 5.36. The average Bonchev–Trinajstić information content (AvgIpc) is 1.86. The third-order valence-corrected chi connectivity index (χ3v) is 1.31. The van der Waals surface area contributed by atoms with Gasteiger partial charge in [-0.1, -0.05) is 18.2 Å². The molecule has 3 heteroatoms. The van der Waals surface area contributed by atoms with Crippen LogP contribution in [-0.2, 0) is 9.68 Å². The number of nitrogens with zero attached hydrogens (tertiary/aromatic N) is 1. The second kappa shape index (κ2) is 2.28. The fraction of sp³-hybridized carbons (Fsp3) is 0.143. The Labute approximate surface area is 58.7 Å². The van der Waals surface area contributed by atoms with Crippen LogP contribution in [0.3, 0.4) is 0 Å². The van der Waals surface area contributed by atoms with E-state index >= 15 is 0 Å². The predicted octanol–water partition coefficient (Wildman–Crippen LogP) is 1.33. The van der Waals surface area contributed by atoms with Crippen molar-refractivity contribution in [1.82, 2.24) is 0 Å². The lowest BCUT2D eigenvalue weighted by Gasteiger charge is -2.29. The first-order valence-electron chi connectivity index (χ1n) is 3.08. The highest BCUT2D eigenvalue weighted by Gasteiger charge is 2.15. The largest absolute Gasteiger partial charge is 0.217 e. The van der Waals surface area contributed by atoms with Gasteiger partial charge in [0.1, 0.15) is 0 Å². The van der Waals surface area contributed by atoms with Crippen LogP contribution < -0.4 is 5.23 Å². The molecule has 1 aromatic carbocycles. The molecule has 1 aromatic rings. The smallest absolute Gasteiger partial charge is 0.205 e. The van der Waals surface area contributed by atoms with Gasteiger partial charge in [-0.05, 0) is 12.1 Å². The molecule has 3 nitrogen and oxygen atoms in total. The van der Waals surface area contributed by atoms with E-state index in [1.807, 2.05) is 30.3 Å². The highest BCUT2D eigenvalue weighted by molar-refractivity contribution is 5.41. The molecular weight excluding hydrogens is 130 g/mol. The second-order valence-electron chi connectivity index (χ2n) is 1.97. The van der Waals surface area contributed by atoms with Crippen molar-refractivity contribution in [2.24, 2.45) is 0 Å². The molecule has 0 spiro atoms. The van der Waals surface area contributed by atoms with Gasteiger partial charge in [0, 0.05) is 0 Å². The van der Waals surface area contributed by atoms with Gasteiger partial charge >= 0.3 is 0 Å². The van der Waals surface area contributed by atoms with E-state index < -0.39 is 0 Å². The molecule has 0 saturated carbocycles. The molecule has 0 atom stereocenters. The molecule has 0 aliphatic carbocycles. The monoisotopic (exact) mass is 137 g/mol. The highest BCUT2D eigenvalue weighted by atomic mass is 17.1. The average molecular weight is 137 g/mol. The minimum Gasteiger partial charge on any atom is -0.217 e. The minimum absolute atomic E-state index is 0.356. The lowest BCUT2D eigenvalue weighted by Crippen LogP contribution is -2.36. The summed E-state index contributed by atoms with van der Waals surface area (Å²) in [7, 11) is 0. The van der Waals surface area contributed by atoms with Crippen molar-refractivity contribution in [3.05, 3.63) is 30.3 Å². The van der Waals surface area contributed by atoms with Crippen LogP contribution in [0.15, 0.2) is 30.3 Å². The maximum atomic E-state index is 4.93. The number of rotatable bonds is 1. The minimum atomic E-state index is 0.356. The Bertz CT molecular complexity index is 208. The summed E-state index contributed by atoms with van der Waals surface area (Å²) in [5, 5.41) is 1.39. The quantitative estimate of drug-likeness (QED) is 0.582. The molecule has 0 radical (unpaired) electrons. The molecule has 0 unspecified atom stereocenters. The summed E-state index contributed by atoms with van der Waals surface area (Å²) in [6.45, 7) is 0.356. The zero-order chi connectivity index (χ0) is 6.81. The Kier molecular flexibility index (Phi) is 1.30. The Hall–Kier alpha value is -1.06. The number of benzene rings is 1. The van der Waals surface area contributed by atoms with Crippen molar-refractivity contribution in [3.8, 4) is 0 Å². The van der Waals surface area contributed by atoms with E-state index in [-0.39, 0.29) is 0 Å². The van der Waals surface area contributed by atoms with Crippen molar-refractivity contribution < 1.29 is 9.68 Å². The number of para-hydroxylation sites is 1. The Morgan fingerprint density at radius 1 is 1.10 bits per heavy atom. The molecule has 0 aromatic heterocycles. The van der Waals surface area contributed by atoms with E-state index in [9.17, 15) is 0 Å². The molecule has 1 heterocycles. The van der Waals surface area contributed by atoms with E-state index in [2.05, 4.69) is 0 Å². The Balaban J connectivity index is 2.18. The van der Waals surface area contributed by atoms with Gasteiger partial charge in [-0.15, -0.1) is 5.23 Å². The van der Waals surface area contributed by atoms with Crippen LogP contribution in [0.5, 0.6) is 0 Å². The van der Waals surface area contributed by atoms with Gasteiger partial charge in [-0.25, -0.2) is 9.68 Å². The van der Waals surface area contributed by atoms with E-state index in [0.29, 0.717) is 6.79 Å². The lowest BCUT2D eigenvalue weighted by molar-refractivity contribution is -0.277. The van der Waals surface area contributed by atoms with Crippen LogP contribution in [0.25, 0.3) is 0 Å². The van der Waals surface area contributed by atoms with Crippen molar-refractivity contribution in [2.45, 2.75) is 0 Å². The first-order valence-corrected chi connectivity index (χ1v) is 3.08. The van der Waals surface area contributed by atoms with Gasteiger partial charge in [0.25, 0.3) is 0 Å². The Morgan fingerprint density at radius 3 is 2.30 bits per heavy atom. The SMILES string of the molecule is c1ccc(N2OCO2)cc1. The molecule has 1 aliphatic heterocycles. The number of hydrogen-bond acceptors (Lipinski definition) is 3. The standard InChI is InChI=1S/C7H7NO2/c1-2-4-7(5-3-1)8-9-6-10-8/h1-5H,6H2. The molecule has 1 aliphatic rings. The van der Waals surface area contributed by atoms with E-state index in [1.54, 1.807) is 0 Å². The second-order valence-corrected chi connectivity index (χ2v) is 1.97. The third-order valence-electron chi connectivity index (χ3n) is 1.31. The van der Waals surface area contributed by atoms with Crippen molar-refractivity contribution >= 4 is 5.69 Å². The molecule has 2 rings (SSSR count). The number of anilines is 1. The van der Waals surface area contributed by atoms with Crippen LogP contribution in [-0.4, -0.2) is 6.79 Å². The van der Waals surface area contributed by atoms with Crippen LogP contribution in [0, 0.1) is 0 Å². The van der Waals surface area contributed by atoms with Crippen molar-refractivity contribution in [1.29, 1.82) is 0 Å². The first kappa shape index (κ1) is 5.70. The number of hydrogen-bond donors (Lipinski definition) is 0. The van der Waals surface area contributed by atoms with Gasteiger partial charge in [0.05, 0.1) is 5.69 Å². The molecule has 10 heavy (non-hydrogen) atoms. The van der Waals surface area contributed by atoms with Gasteiger partial charge in [-0.2, -0.15) is 0 Å². The Morgan fingerprint density at radius 2 is 1.80 bits per heavy atom. The van der Waals surface area contributed by atoms with Gasteiger partial charge in [0.15, 0.2) is 0 Å². The highest BCUT2D eigenvalue weighted by Crippen LogP contribution is 2.18. The van der Waals surface area contributed by atoms with E-state index in [0.717, 1.165) is 5.69 Å². The maximum Gasteiger partial charge on any atom is 0.205 e. The van der Waals surface area contributed by atoms with Gasteiger partial charge in [0.2, 0.25) is 6.79 Å². The summed E-state index contributed by atoms with van der Waals surface area (Å²) in [5.41, 5.74) is 0.925. The topological polar surface area (TPSA) is 21.7 Å². The van der Waals surface area contributed by atoms with Gasteiger partial charge < -0.3 is 0 Å². The van der Waals surface area contributed by atoms with Crippen LogP contribution in [0.2, 0.25) is 0 Å². The van der Waals surface area contributed by atoms with Crippen LogP contribution in [0.1, 0.15) is 0 Å². The summed E-state index contributed by atoms with van der Waals surface area (Å²) in [6.07, 6.45) is 0. The van der Waals surface area contributed by atoms with E-state index in [1.165, 1.54) is 5.23 Å². The molecule has 1 fully saturated rings. The summed E-state index contributed by atoms with van der Waals surface area (Å²) < 4.78 is 0. The molecule has 0 bridgehead atoms. The zero-order valence-electron chi connectivity index (χ0n) is 5.36.